The average molecular weight is 419 g/mol. The molecule has 7 heteroatoms. The summed E-state index contributed by atoms with van der Waals surface area (Å²) in [5.74, 6) is -2.35. The largest absolute Gasteiger partial charge is 0.490 e. The molecular weight excluding hydrogens is 398 g/mol. The molecule has 0 unspecified atom stereocenters. The standard InChI is InChI=1S/C22H21ClF2N2O2/c1-22(24,25)15-2-5-17(6-3-15)29-18-8-10-27(11-9-18)21(28)20-13-14-12-16(23)4-7-19(14)26-20/h2-7,12-13,18,26H,8-11H2,1H3. The highest BCUT2D eigenvalue weighted by Gasteiger charge is 2.27. The SMILES string of the molecule is CC(F)(F)c1ccc(OC2CCN(C(=O)c3cc4cc(Cl)ccc4[nH]3)CC2)cc1. The molecule has 1 aliphatic rings. The lowest BCUT2D eigenvalue weighted by Crippen LogP contribution is -2.41. The summed E-state index contributed by atoms with van der Waals surface area (Å²) in [6.07, 6.45) is 1.32. The summed E-state index contributed by atoms with van der Waals surface area (Å²) in [6.45, 7) is 2.02. The molecule has 0 atom stereocenters. The number of aromatic nitrogens is 1. The number of alkyl halides is 2. The molecule has 1 amide bonds. The van der Waals surface area contributed by atoms with Crippen molar-refractivity contribution in [2.75, 3.05) is 13.1 Å². The van der Waals surface area contributed by atoms with E-state index in [1.54, 1.807) is 23.1 Å². The lowest BCUT2D eigenvalue weighted by atomic mass is 10.1. The predicted molar refractivity (Wildman–Crippen MR) is 109 cm³/mol. The van der Waals surface area contributed by atoms with E-state index >= 15 is 0 Å². The first-order valence-corrected chi connectivity index (χ1v) is 9.90. The Balaban J connectivity index is 1.35. The molecule has 1 N–H and O–H groups in total. The van der Waals surface area contributed by atoms with Gasteiger partial charge >= 0.3 is 0 Å². The van der Waals surface area contributed by atoms with Crippen LogP contribution < -0.4 is 4.74 Å². The Morgan fingerprint density at radius 2 is 1.83 bits per heavy atom. The number of piperidine rings is 1. The summed E-state index contributed by atoms with van der Waals surface area (Å²) in [7, 11) is 0. The van der Waals surface area contributed by atoms with E-state index in [9.17, 15) is 13.6 Å². The summed E-state index contributed by atoms with van der Waals surface area (Å²) in [5, 5.41) is 1.53. The van der Waals surface area contributed by atoms with E-state index in [2.05, 4.69) is 4.98 Å². The number of hydrogen-bond acceptors (Lipinski definition) is 2. The van der Waals surface area contributed by atoms with E-state index in [1.165, 1.54) is 12.1 Å². The molecule has 0 spiro atoms. The maximum Gasteiger partial charge on any atom is 0.270 e. The molecule has 0 radical (unpaired) electrons. The van der Waals surface area contributed by atoms with Crippen molar-refractivity contribution >= 4 is 28.4 Å². The maximum absolute atomic E-state index is 13.3. The smallest absolute Gasteiger partial charge is 0.270 e. The summed E-state index contributed by atoms with van der Waals surface area (Å²) in [6, 6.07) is 13.2. The molecule has 4 nitrogen and oxygen atoms in total. The van der Waals surface area contributed by atoms with E-state index in [0.717, 1.165) is 17.8 Å². The molecule has 1 aliphatic heterocycles. The average Bonchev–Trinajstić information content (AvgIpc) is 3.11. The number of rotatable bonds is 4. The van der Waals surface area contributed by atoms with Gasteiger partial charge in [0.25, 0.3) is 11.8 Å². The zero-order valence-electron chi connectivity index (χ0n) is 15.9. The summed E-state index contributed by atoms with van der Waals surface area (Å²) < 4.78 is 32.5. The number of nitrogens with one attached hydrogen (secondary N) is 1. The molecule has 0 aliphatic carbocycles. The van der Waals surface area contributed by atoms with Crippen LogP contribution in [0.4, 0.5) is 8.78 Å². The Morgan fingerprint density at radius 1 is 1.14 bits per heavy atom. The zero-order valence-corrected chi connectivity index (χ0v) is 16.7. The molecule has 2 heterocycles. The van der Waals surface area contributed by atoms with Crippen molar-refractivity contribution in [2.24, 2.45) is 0 Å². The number of halogens is 3. The maximum atomic E-state index is 13.3. The highest BCUT2D eigenvalue weighted by atomic mass is 35.5. The van der Waals surface area contributed by atoms with Crippen molar-refractivity contribution in [2.45, 2.75) is 31.8 Å². The lowest BCUT2D eigenvalue weighted by Gasteiger charge is -2.32. The van der Waals surface area contributed by atoms with Crippen molar-refractivity contribution in [3.63, 3.8) is 0 Å². The number of aromatic amines is 1. The number of likely N-dealkylation sites (tertiary alicyclic amines) is 1. The van der Waals surface area contributed by atoms with Gasteiger partial charge in [-0.1, -0.05) is 11.6 Å². The van der Waals surface area contributed by atoms with Crippen LogP contribution in [0.1, 0.15) is 35.8 Å². The van der Waals surface area contributed by atoms with E-state index < -0.39 is 5.92 Å². The van der Waals surface area contributed by atoms with Crippen molar-refractivity contribution in [1.82, 2.24) is 9.88 Å². The third-order valence-electron chi connectivity index (χ3n) is 5.21. The number of hydrogen-bond donors (Lipinski definition) is 1. The van der Waals surface area contributed by atoms with Crippen molar-refractivity contribution in [3.05, 3.63) is 64.8 Å². The van der Waals surface area contributed by atoms with Gasteiger partial charge in [0.2, 0.25) is 0 Å². The lowest BCUT2D eigenvalue weighted by molar-refractivity contribution is 0.0174. The topological polar surface area (TPSA) is 45.3 Å². The monoisotopic (exact) mass is 418 g/mol. The highest BCUT2D eigenvalue weighted by Crippen LogP contribution is 2.29. The van der Waals surface area contributed by atoms with Crippen LogP contribution in [0.5, 0.6) is 5.75 Å². The van der Waals surface area contributed by atoms with E-state index in [0.29, 0.717) is 42.4 Å². The number of amides is 1. The van der Waals surface area contributed by atoms with Crippen LogP contribution in [-0.4, -0.2) is 35.0 Å². The molecule has 152 valence electrons. The van der Waals surface area contributed by atoms with Crippen LogP contribution in [0.25, 0.3) is 10.9 Å². The van der Waals surface area contributed by atoms with Gasteiger partial charge in [-0.2, -0.15) is 0 Å². The molecule has 4 rings (SSSR count). The molecular formula is C22H21ClF2N2O2. The number of ether oxygens (including phenoxy) is 1. The Kier molecular flexibility index (Phi) is 5.21. The normalized spacial score (nSPS) is 15.7. The summed E-state index contributed by atoms with van der Waals surface area (Å²) in [4.78, 5) is 17.7. The molecule has 0 saturated carbocycles. The fourth-order valence-corrected chi connectivity index (χ4v) is 3.76. The number of nitrogens with zero attached hydrogens (tertiary/aromatic N) is 1. The Hall–Kier alpha value is -2.60. The number of H-pyrrole nitrogens is 1. The fraction of sp³-hybridized carbons (Fsp3) is 0.318. The van der Waals surface area contributed by atoms with Gasteiger partial charge in [0.15, 0.2) is 0 Å². The van der Waals surface area contributed by atoms with Gasteiger partial charge in [-0.15, -0.1) is 0 Å². The quantitative estimate of drug-likeness (QED) is 0.598. The van der Waals surface area contributed by atoms with Crippen molar-refractivity contribution < 1.29 is 18.3 Å². The summed E-state index contributed by atoms with van der Waals surface area (Å²) >= 11 is 6.01. The van der Waals surface area contributed by atoms with Gasteiger partial charge in [-0.05, 0) is 48.5 Å². The van der Waals surface area contributed by atoms with Crippen molar-refractivity contribution in [1.29, 1.82) is 0 Å². The third-order valence-corrected chi connectivity index (χ3v) is 5.44. The highest BCUT2D eigenvalue weighted by molar-refractivity contribution is 6.31. The van der Waals surface area contributed by atoms with E-state index in [1.807, 2.05) is 18.2 Å². The molecule has 3 aromatic rings. The van der Waals surface area contributed by atoms with E-state index in [-0.39, 0.29) is 17.6 Å². The predicted octanol–water partition coefficient (Wildman–Crippen LogP) is 5.62. The van der Waals surface area contributed by atoms with Gasteiger partial charge in [0, 0.05) is 54.3 Å². The Morgan fingerprint density at radius 3 is 2.48 bits per heavy atom. The Labute approximate surface area is 172 Å². The van der Waals surface area contributed by atoms with Crippen LogP contribution in [0.3, 0.4) is 0 Å². The first-order chi connectivity index (χ1) is 13.8. The minimum Gasteiger partial charge on any atom is -0.490 e. The molecule has 1 aromatic heterocycles. The molecule has 0 bridgehead atoms. The second-order valence-corrected chi connectivity index (χ2v) is 7.87. The van der Waals surface area contributed by atoms with Gasteiger partial charge in [0.05, 0.1) is 0 Å². The Bertz CT molecular complexity index is 1020. The van der Waals surface area contributed by atoms with Crippen LogP contribution >= 0.6 is 11.6 Å². The minimum absolute atomic E-state index is 0.0371. The third kappa shape index (κ3) is 4.37. The number of carbonyl (C=O) groups is 1. The number of carbonyl (C=O) groups excluding carboxylic acids is 1. The molecule has 1 fully saturated rings. The first kappa shape index (κ1) is 19.7. The summed E-state index contributed by atoms with van der Waals surface area (Å²) in [5.41, 5.74) is 1.37. The van der Waals surface area contributed by atoms with Gasteiger partial charge in [0.1, 0.15) is 17.5 Å². The molecule has 1 saturated heterocycles. The van der Waals surface area contributed by atoms with Crippen LogP contribution in [-0.2, 0) is 5.92 Å². The van der Waals surface area contributed by atoms with Gasteiger partial charge < -0.3 is 14.6 Å². The zero-order chi connectivity index (χ0) is 20.6. The first-order valence-electron chi connectivity index (χ1n) is 9.52. The second-order valence-electron chi connectivity index (χ2n) is 7.44. The van der Waals surface area contributed by atoms with Crippen LogP contribution in [0.15, 0.2) is 48.5 Å². The molecule has 29 heavy (non-hydrogen) atoms. The fourth-order valence-electron chi connectivity index (χ4n) is 3.58. The second kappa shape index (κ2) is 7.67. The van der Waals surface area contributed by atoms with Crippen LogP contribution in [0, 0.1) is 0 Å². The van der Waals surface area contributed by atoms with Gasteiger partial charge in [-0.3, -0.25) is 4.79 Å². The van der Waals surface area contributed by atoms with Crippen LogP contribution in [0.2, 0.25) is 5.02 Å². The van der Waals surface area contributed by atoms with E-state index in [4.69, 9.17) is 16.3 Å². The number of fused-ring (bicyclic) bond motifs is 1. The molecule has 2 aromatic carbocycles. The van der Waals surface area contributed by atoms with Crippen molar-refractivity contribution in [3.8, 4) is 5.75 Å². The number of benzene rings is 2. The minimum atomic E-state index is -2.86. The van der Waals surface area contributed by atoms with Gasteiger partial charge in [-0.25, -0.2) is 8.78 Å².